The molecule has 0 bridgehead atoms. The summed E-state index contributed by atoms with van der Waals surface area (Å²) < 4.78 is 26.0. The van der Waals surface area contributed by atoms with Crippen LogP contribution in [0.1, 0.15) is 37.7 Å². The van der Waals surface area contributed by atoms with Crippen LogP contribution in [-0.2, 0) is 0 Å². The van der Waals surface area contributed by atoms with Crippen LogP contribution in [-0.4, -0.2) is 31.2 Å². The predicted octanol–water partition coefficient (Wildman–Crippen LogP) is 5.49. The summed E-state index contributed by atoms with van der Waals surface area (Å²) in [6.45, 7) is 0. The van der Waals surface area contributed by atoms with E-state index in [0.717, 1.165) is 34.5 Å². The van der Waals surface area contributed by atoms with Crippen LogP contribution in [0.5, 0.6) is 11.5 Å². The Labute approximate surface area is 185 Å². The molecule has 162 valence electrons. The van der Waals surface area contributed by atoms with Gasteiger partial charge in [-0.2, -0.15) is 5.10 Å². The zero-order chi connectivity index (χ0) is 21.6. The molecule has 2 aromatic carbocycles. The minimum atomic E-state index is -0.258. The van der Waals surface area contributed by atoms with Crippen LogP contribution in [0.2, 0.25) is 0 Å². The molecule has 0 spiro atoms. The van der Waals surface area contributed by atoms with Crippen LogP contribution >= 0.6 is 11.3 Å². The Hall–Kier alpha value is -2.93. The topological polar surface area (TPSA) is 48.1 Å². The second-order valence-corrected chi connectivity index (χ2v) is 8.34. The Balaban J connectivity index is 1.74. The van der Waals surface area contributed by atoms with Crippen molar-refractivity contribution in [3.8, 4) is 22.8 Å². The third-order valence-electron chi connectivity index (χ3n) is 5.42. The number of hydrogen-bond acceptors (Lipinski definition) is 5. The van der Waals surface area contributed by atoms with Gasteiger partial charge in [-0.1, -0.05) is 19.3 Å². The molecule has 1 fully saturated rings. The van der Waals surface area contributed by atoms with Gasteiger partial charge >= 0.3 is 0 Å². The van der Waals surface area contributed by atoms with Crippen LogP contribution in [0.4, 0.5) is 4.39 Å². The van der Waals surface area contributed by atoms with E-state index in [-0.39, 0.29) is 5.82 Å². The summed E-state index contributed by atoms with van der Waals surface area (Å²) in [6, 6.07) is 12.5. The Morgan fingerprint density at radius 1 is 1.00 bits per heavy atom. The molecule has 0 unspecified atom stereocenters. The van der Waals surface area contributed by atoms with Crippen molar-refractivity contribution in [2.24, 2.45) is 10.1 Å². The summed E-state index contributed by atoms with van der Waals surface area (Å²) in [5.41, 5.74) is 2.66. The van der Waals surface area contributed by atoms with E-state index in [1.54, 1.807) is 43.9 Å². The van der Waals surface area contributed by atoms with Gasteiger partial charge in [0.2, 0.25) is 4.80 Å². The summed E-state index contributed by atoms with van der Waals surface area (Å²) in [7, 11) is 3.22. The zero-order valence-electron chi connectivity index (χ0n) is 17.8. The molecule has 1 aliphatic rings. The molecule has 7 heteroatoms. The Bertz CT molecular complexity index is 1110. The molecule has 0 radical (unpaired) electrons. The molecule has 0 N–H and O–H groups in total. The molecular formula is C24H26FN3O2S. The van der Waals surface area contributed by atoms with E-state index in [2.05, 4.69) is 0 Å². The number of hydrogen-bond donors (Lipinski definition) is 0. The molecule has 0 saturated heterocycles. The highest BCUT2D eigenvalue weighted by Crippen LogP contribution is 2.27. The Kier molecular flexibility index (Phi) is 6.82. The van der Waals surface area contributed by atoms with E-state index in [9.17, 15) is 4.39 Å². The summed E-state index contributed by atoms with van der Waals surface area (Å²) in [6.07, 6.45) is 7.74. The Morgan fingerprint density at radius 3 is 2.45 bits per heavy atom. The highest BCUT2D eigenvalue weighted by atomic mass is 32.1. The van der Waals surface area contributed by atoms with Gasteiger partial charge in [0.25, 0.3) is 0 Å². The van der Waals surface area contributed by atoms with Crippen molar-refractivity contribution in [1.29, 1.82) is 0 Å². The lowest BCUT2D eigenvalue weighted by atomic mass is 9.96. The van der Waals surface area contributed by atoms with E-state index in [1.165, 1.54) is 31.4 Å². The summed E-state index contributed by atoms with van der Waals surface area (Å²) in [4.78, 5) is 5.85. The number of ether oxygens (including phenoxy) is 2. The van der Waals surface area contributed by atoms with Gasteiger partial charge in [0.15, 0.2) is 11.5 Å². The standard InChI is InChI=1S/C24H26FN3O2S/c1-29-22-13-8-17(14-23(22)30-2)15-26-28-21(18-9-11-19(25)12-10-18)16-31-24(28)27-20-6-4-3-5-7-20/h8-16,20H,3-7H2,1-2H3. The molecule has 1 saturated carbocycles. The van der Waals surface area contributed by atoms with E-state index >= 15 is 0 Å². The first-order valence-electron chi connectivity index (χ1n) is 10.4. The maximum absolute atomic E-state index is 13.4. The predicted molar refractivity (Wildman–Crippen MR) is 123 cm³/mol. The van der Waals surface area contributed by atoms with E-state index in [0.29, 0.717) is 17.5 Å². The molecule has 31 heavy (non-hydrogen) atoms. The maximum atomic E-state index is 13.4. The first-order valence-corrected chi connectivity index (χ1v) is 11.3. The van der Waals surface area contributed by atoms with E-state index < -0.39 is 0 Å². The largest absolute Gasteiger partial charge is 0.493 e. The van der Waals surface area contributed by atoms with Crippen molar-refractivity contribution < 1.29 is 13.9 Å². The monoisotopic (exact) mass is 439 g/mol. The van der Waals surface area contributed by atoms with Crippen molar-refractivity contribution in [2.75, 3.05) is 14.2 Å². The number of aromatic nitrogens is 1. The molecule has 3 aromatic rings. The molecule has 1 aliphatic carbocycles. The number of benzene rings is 2. The lowest BCUT2D eigenvalue weighted by Crippen LogP contribution is -2.19. The van der Waals surface area contributed by atoms with Crippen LogP contribution < -0.4 is 14.3 Å². The van der Waals surface area contributed by atoms with E-state index in [1.807, 2.05) is 28.3 Å². The second-order valence-electron chi connectivity index (χ2n) is 7.50. The van der Waals surface area contributed by atoms with Crippen molar-refractivity contribution in [1.82, 2.24) is 4.68 Å². The van der Waals surface area contributed by atoms with Gasteiger partial charge in [-0.05, 0) is 60.9 Å². The number of rotatable bonds is 6. The van der Waals surface area contributed by atoms with Crippen LogP contribution in [0, 0.1) is 5.82 Å². The lowest BCUT2D eigenvalue weighted by Gasteiger charge is -2.16. The number of halogens is 1. The van der Waals surface area contributed by atoms with E-state index in [4.69, 9.17) is 19.6 Å². The summed E-state index contributed by atoms with van der Waals surface area (Å²) in [5.74, 6) is 1.06. The fraction of sp³-hybridized carbons (Fsp3) is 0.333. The van der Waals surface area contributed by atoms with Crippen LogP contribution in [0.3, 0.4) is 0 Å². The second kappa shape index (κ2) is 9.92. The first-order chi connectivity index (χ1) is 15.2. The minimum absolute atomic E-state index is 0.258. The summed E-state index contributed by atoms with van der Waals surface area (Å²) >= 11 is 1.56. The van der Waals surface area contributed by atoms with Crippen LogP contribution in [0.15, 0.2) is 57.9 Å². The first kappa shape index (κ1) is 21.3. The molecule has 0 amide bonds. The van der Waals surface area contributed by atoms with Gasteiger partial charge in [-0.3, -0.25) is 4.99 Å². The molecule has 4 rings (SSSR count). The SMILES string of the molecule is COc1ccc(C=Nn2c(-c3ccc(F)cc3)csc2=NC2CCCCC2)cc1OC. The van der Waals surface area contributed by atoms with Crippen LogP contribution in [0.25, 0.3) is 11.3 Å². The maximum Gasteiger partial charge on any atom is 0.206 e. The third-order valence-corrected chi connectivity index (χ3v) is 6.25. The molecule has 0 atom stereocenters. The number of thiazole rings is 1. The fourth-order valence-corrected chi connectivity index (χ4v) is 4.65. The van der Waals surface area contributed by atoms with Crippen molar-refractivity contribution in [3.63, 3.8) is 0 Å². The van der Waals surface area contributed by atoms with Crippen molar-refractivity contribution in [2.45, 2.75) is 38.1 Å². The minimum Gasteiger partial charge on any atom is -0.493 e. The molecule has 5 nitrogen and oxygen atoms in total. The smallest absolute Gasteiger partial charge is 0.206 e. The quantitative estimate of drug-likeness (QED) is 0.477. The molecule has 1 aromatic heterocycles. The number of methoxy groups -OCH3 is 2. The average Bonchev–Trinajstić information content (AvgIpc) is 3.20. The molecule has 1 heterocycles. The number of nitrogens with zero attached hydrogens (tertiary/aromatic N) is 3. The van der Waals surface area contributed by atoms with Gasteiger partial charge < -0.3 is 9.47 Å². The molecular weight excluding hydrogens is 413 g/mol. The van der Waals surface area contributed by atoms with Crippen molar-refractivity contribution in [3.05, 3.63) is 64.0 Å². The molecule has 0 aliphatic heterocycles. The Morgan fingerprint density at radius 2 is 1.74 bits per heavy atom. The highest BCUT2D eigenvalue weighted by Gasteiger charge is 2.14. The van der Waals surface area contributed by atoms with Gasteiger partial charge in [0.05, 0.1) is 32.2 Å². The summed E-state index contributed by atoms with van der Waals surface area (Å²) in [5, 5.41) is 6.78. The van der Waals surface area contributed by atoms with Crippen molar-refractivity contribution >= 4 is 17.6 Å². The zero-order valence-corrected chi connectivity index (χ0v) is 18.6. The van der Waals surface area contributed by atoms with Gasteiger partial charge in [0.1, 0.15) is 5.82 Å². The lowest BCUT2D eigenvalue weighted by molar-refractivity contribution is 0.355. The van der Waals surface area contributed by atoms with Gasteiger partial charge in [0, 0.05) is 10.9 Å². The van der Waals surface area contributed by atoms with Gasteiger partial charge in [-0.25, -0.2) is 9.07 Å². The normalized spacial score (nSPS) is 15.5. The fourth-order valence-electron chi connectivity index (χ4n) is 3.74. The van der Waals surface area contributed by atoms with Gasteiger partial charge in [-0.15, -0.1) is 11.3 Å². The highest BCUT2D eigenvalue weighted by molar-refractivity contribution is 7.07. The third kappa shape index (κ3) is 5.05. The average molecular weight is 440 g/mol.